The van der Waals surface area contributed by atoms with Crippen LogP contribution < -0.4 is 10.5 Å². The fourth-order valence-corrected chi connectivity index (χ4v) is 4.06. The number of rotatable bonds is 4. The number of aromatic nitrogens is 4. The average Bonchev–Trinajstić information content (AvgIpc) is 3.31. The van der Waals surface area contributed by atoms with Crippen molar-refractivity contribution in [3.63, 3.8) is 0 Å². The maximum absolute atomic E-state index is 12.8. The van der Waals surface area contributed by atoms with Gasteiger partial charge in [0.05, 0.1) is 10.9 Å². The molecular formula is C16H19N5O2S. The highest BCUT2D eigenvalue weighted by molar-refractivity contribution is 8.00. The van der Waals surface area contributed by atoms with Gasteiger partial charge in [0, 0.05) is 37.8 Å². The highest BCUT2D eigenvalue weighted by Crippen LogP contribution is 2.39. The quantitative estimate of drug-likeness (QED) is 0.852. The summed E-state index contributed by atoms with van der Waals surface area (Å²) < 4.78 is 1.69. The number of nitrogens with zero attached hydrogens (tertiary/aromatic N) is 4. The maximum atomic E-state index is 12.8. The summed E-state index contributed by atoms with van der Waals surface area (Å²) in [5, 5.41) is 4.63. The van der Waals surface area contributed by atoms with Crippen LogP contribution in [0, 0.1) is 0 Å². The fraction of sp³-hybridized carbons (Fsp3) is 0.500. The Morgan fingerprint density at radius 3 is 2.83 bits per heavy atom. The normalized spacial score (nSPS) is 21.3. The average molecular weight is 345 g/mol. The number of hydrogen-bond donors (Lipinski definition) is 1. The Bertz CT molecular complexity index is 826. The summed E-state index contributed by atoms with van der Waals surface area (Å²) in [6.45, 7) is 0.680. The van der Waals surface area contributed by atoms with E-state index in [9.17, 15) is 9.59 Å². The lowest BCUT2D eigenvalue weighted by molar-refractivity contribution is -0.119. The summed E-state index contributed by atoms with van der Waals surface area (Å²) in [5.41, 5.74) is 0.713. The molecule has 2 fully saturated rings. The third-order valence-corrected chi connectivity index (χ3v) is 5.49. The molecular weight excluding hydrogens is 326 g/mol. The van der Waals surface area contributed by atoms with E-state index in [0.717, 1.165) is 31.4 Å². The summed E-state index contributed by atoms with van der Waals surface area (Å²) in [4.78, 5) is 33.7. The van der Waals surface area contributed by atoms with Crippen LogP contribution in [0.1, 0.15) is 37.3 Å². The van der Waals surface area contributed by atoms with Gasteiger partial charge in [-0.25, -0.2) is 4.98 Å². The van der Waals surface area contributed by atoms with Gasteiger partial charge in [0.1, 0.15) is 0 Å². The second-order valence-corrected chi connectivity index (χ2v) is 7.53. The van der Waals surface area contributed by atoms with Gasteiger partial charge in [0.2, 0.25) is 5.91 Å². The molecule has 3 heterocycles. The molecule has 1 amide bonds. The number of hydrogen-bond acceptors (Lipinski definition) is 5. The van der Waals surface area contributed by atoms with Crippen molar-refractivity contribution in [3.8, 4) is 0 Å². The Hall–Kier alpha value is -2.09. The van der Waals surface area contributed by atoms with Crippen LogP contribution in [0.2, 0.25) is 0 Å². The number of aryl methyl sites for hydroxylation is 1. The standard InChI is InChI=1S/C16H19N5O2S/c1-20-8-6-13(19-20)21-7-2-3-12(15(21)23)24-16-17-11(10-4-5-10)9-14(22)18-16/h6,8-10,12H,2-5,7H2,1H3,(H,17,18,22). The van der Waals surface area contributed by atoms with Crippen molar-refractivity contribution in [2.75, 3.05) is 11.4 Å². The first-order valence-corrected chi connectivity index (χ1v) is 9.07. The zero-order valence-electron chi connectivity index (χ0n) is 13.4. The van der Waals surface area contributed by atoms with Crippen molar-refractivity contribution in [1.82, 2.24) is 19.7 Å². The molecule has 7 nitrogen and oxygen atoms in total. The Balaban J connectivity index is 1.53. The number of aromatic amines is 1. The highest BCUT2D eigenvalue weighted by atomic mass is 32.2. The number of amides is 1. The molecule has 0 radical (unpaired) electrons. The summed E-state index contributed by atoms with van der Waals surface area (Å²) in [6.07, 6.45) is 5.71. The number of anilines is 1. The molecule has 1 aliphatic heterocycles. The van der Waals surface area contributed by atoms with Crippen LogP contribution in [0.25, 0.3) is 0 Å². The molecule has 1 unspecified atom stereocenters. The first-order valence-electron chi connectivity index (χ1n) is 8.19. The van der Waals surface area contributed by atoms with Crippen molar-refractivity contribution < 1.29 is 4.79 Å². The number of carbonyl (C=O) groups excluding carboxylic acids is 1. The van der Waals surface area contributed by atoms with Gasteiger partial charge in [-0.3, -0.25) is 19.2 Å². The topological polar surface area (TPSA) is 83.9 Å². The minimum Gasteiger partial charge on any atom is -0.301 e. The largest absolute Gasteiger partial charge is 0.301 e. The molecule has 1 atom stereocenters. The Labute approximate surface area is 143 Å². The minimum absolute atomic E-state index is 0.0319. The number of piperidine rings is 1. The van der Waals surface area contributed by atoms with Crippen LogP contribution in [0.15, 0.2) is 28.3 Å². The van der Waals surface area contributed by atoms with Gasteiger partial charge < -0.3 is 4.98 Å². The second kappa shape index (κ2) is 6.08. The van der Waals surface area contributed by atoms with Crippen LogP contribution in [-0.2, 0) is 11.8 Å². The molecule has 2 aromatic rings. The molecule has 0 bridgehead atoms. The van der Waals surface area contributed by atoms with Gasteiger partial charge >= 0.3 is 0 Å². The Morgan fingerprint density at radius 1 is 1.29 bits per heavy atom. The molecule has 4 rings (SSSR count). The molecule has 24 heavy (non-hydrogen) atoms. The van der Waals surface area contributed by atoms with E-state index >= 15 is 0 Å². The van der Waals surface area contributed by atoms with Crippen molar-refractivity contribution in [2.45, 2.75) is 42.0 Å². The molecule has 0 spiro atoms. The van der Waals surface area contributed by atoms with E-state index in [4.69, 9.17) is 0 Å². The van der Waals surface area contributed by atoms with Crippen molar-refractivity contribution in [2.24, 2.45) is 7.05 Å². The van der Waals surface area contributed by atoms with Gasteiger partial charge in [0.15, 0.2) is 11.0 Å². The molecule has 1 aliphatic carbocycles. The van der Waals surface area contributed by atoms with Crippen LogP contribution in [0.3, 0.4) is 0 Å². The van der Waals surface area contributed by atoms with Crippen LogP contribution in [-0.4, -0.2) is 37.5 Å². The second-order valence-electron chi connectivity index (χ2n) is 6.34. The first-order chi connectivity index (χ1) is 11.6. The van der Waals surface area contributed by atoms with Crippen molar-refractivity contribution in [1.29, 1.82) is 0 Å². The Morgan fingerprint density at radius 2 is 2.12 bits per heavy atom. The van der Waals surface area contributed by atoms with E-state index in [2.05, 4.69) is 15.1 Å². The van der Waals surface area contributed by atoms with E-state index in [1.807, 2.05) is 19.3 Å². The molecule has 1 saturated heterocycles. The van der Waals surface area contributed by atoms with E-state index < -0.39 is 0 Å². The zero-order valence-corrected chi connectivity index (χ0v) is 14.3. The lowest BCUT2D eigenvalue weighted by Crippen LogP contribution is -2.43. The monoisotopic (exact) mass is 345 g/mol. The van der Waals surface area contributed by atoms with E-state index in [1.165, 1.54) is 11.8 Å². The molecule has 0 aromatic carbocycles. The molecule has 2 aliphatic rings. The molecule has 1 saturated carbocycles. The number of thioether (sulfide) groups is 1. The summed E-state index contributed by atoms with van der Waals surface area (Å²) in [7, 11) is 1.84. The van der Waals surface area contributed by atoms with Crippen LogP contribution in [0.4, 0.5) is 5.82 Å². The van der Waals surface area contributed by atoms with Gasteiger partial charge in [-0.1, -0.05) is 11.8 Å². The number of carbonyl (C=O) groups is 1. The predicted molar refractivity (Wildman–Crippen MR) is 91.3 cm³/mol. The lowest BCUT2D eigenvalue weighted by atomic mass is 10.1. The van der Waals surface area contributed by atoms with E-state index in [0.29, 0.717) is 23.4 Å². The van der Waals surface area contributed by atoms with E-state index in [-0.39, 0.29) is 16.7 Å². The third-order valence-electron chi connectivity index (χ3n) is 4.35. The number of H-pyrrole nitrogens is 1. The first kappa shape index (κ1) is 15.4. The van der Waals surface area contributed by atoms with E-state index in [1.54, 1.807) is 15.6 Å². The zero-order chi connectivity index (χ0) is 16.7. The fourth-order valence-electron chi connectivity index (χ4n) is 2.96. The summed E-state index contributed by atoms with van der Waals surface area (Å²) in [5.74, 6) is 1.13. The molecule has 1 N–H and O–H groups in total. The van der Waals surface area contributed by atoms with Crippen LogP contribution >= 0.6 is 11.8 Å². The van der Waals surface area contributed by atoms with Crippen molar-refractivity contribution in [3.05, 3.63) is 34.4 Å². The molecule has 8 heteroatoms. The van der Waals surface area contributed by atoms with Crippen LogP contribution in [0.5, 0.6) is 0 Å². The Kier molecular flexibility index (Phi) is 3.91. The minimum atomic E-state index is -0.238. The smallest absolute Gasteiger partial charge is 0.251 e. The third kappa shape index (κ3) is 3.10. The lowest BCUT2D eigenvalue weighted by Gasteiger charge is -2.30. The summed E-state index contributed by atoms with van der Waals surface area (Å²) >= 11 is 1.36. The predicted octanol–water partition coefficient (Wildman–Crippen LogP) is 1.67. The molecule has 2 aromatic heterocycles. The highest BCUT2D eigenvalue weighted by Gasteiger charge is 2.33. The maximum Gasteiger partial charge on any atom is 0.251 e. The van der Waals surface area contributed by atoms with Gasteiger partial charge in [-0.15, -0.1) is 0 Å². The van der Waals surface area contributed by atoms with Crippen molar-refractivity contribution >= 4 is 23.5 Å². The molecule has 126 valence electrons. The SMILES string of the molecule is Cn1ccc(N2CCCC(Sc3nc(C4CC4)cc(=O)[nH]3)C2=O)n1. The van der Waals surface area contributed by atoms with Gasteiger partial charge in [0.25, 0.3) is 5.56 Å². The summed E-state index contributed by atoms with van der Waals surface area (Å²) in [6, 6.07) is 3.42. The van der Waals surface area contributed by atoms with Gasteiger partial charge in [-0.05, 0) is 25.7 Å². The number of nitrogens with one attached hydrogen (secondary N) is 1. The van der Waals surface area contributed by atoms with Gasteiger partial charge in [-0.2, -0.15) is 5.10 Å².